The van der Waals surface area contributed by atoms with E-state index in [9.17, 15) is 14.2 Å². The van der Waals surface area contributed by atoms with Crippen LogP contribution < -0.4 is 5.32 Å². The van der Waals surface area contributed by atoms with E-state index in [1.54, 1.807) is 12.1 Å². The van der Waals surface area contributed by atoms with E-state index in [1.807, 2.05) is 30.3 Å². The molecule has 0 bridgehead atoms. The molecule has 2 aromatic carbocycles. The van der Waals surface area contributed by atoms with Gasteiger partial charge in [0, 0.05) is 11.3 Å². The lowest BCUT2D eigenvalue weighted by Crippen LogP contribution is -2.41. The standard InChI is InChI=1S/C18H16BFNO3/c20-15-8-4-7-14-13(11-24-18(14)15)10-16(19-23)21-17(22)9-12-5-2-1-3-6-12/h1-8,11,16,23H,9-10H2,(H,21,22). The van der Waals surface area contributed by atoms with Gasteiger partial charge in [-0.2, -0.15) is 0 Å². The number of nitrogens with one attached hydrogen (secondary N) is 1. The Balaban J connectivity index is 1.68. The fourth-order valence-corrected chi connectivity index (χ4v) is 2.65. The maximum absolute atomic E-state index is 13.7. The van der Waals surface area contributed by atoms with Crippen molar-refractivity contribution in [3.63, 3.8) is 0 Å². The minimum atomic E-state index is -0.578. The van der Waals surface area contributed by atoms with Crippen molar-refractivity contribution in [2.45, 2.75) is 18.8 Å². The number of hydrogen-bond acceptors (Lipinski definition) is 3. The number of rotatable bonds is 6. The minimum Gasteiger partial charge on any atom is -0.461 e. The molecule has 0 fully saturated rings. The van der Waals surface area contributed by atoms with Gasteiger partial charge in [-0.25, -0.2) is 4.39 Å². The van der Waals surface area contributed by atoms with Gasteiger partial charge >= 0.3 is 7.48 Å². The molecule has 2 N–H and O–H groups in total. The van der Waals surface area contributed by atoms with Gasteiger partial charge in [-0.3, -0.25) is 4.79 Å². The molecule has 0 aliphatic carbocycles. The number of amides is 1. The van der Waals surface area contributed by atoms with Gasteiger partial charge < -0.3 is 14.8 Å². The van der Waals surface area contributed by atoms with Crippen LogP contribution in [0.25, 0.3) is 11.0 Å². The number of hydrogen-bond donors (Lipinski definition) is 2. The number of fused-ring (bicyclic) bond motifs is 1. The van der Waals surface area contributed by atoms with E-state index in [0.717, 1.165) is 18.6 Å². The molecule has 0 saturated heterocycles. The van der Waals surface area contributed by atoms with Crippen molar-refractivity contribution < 1.29 is 18.6 Å². The number of para-hydroxylation sites is 1. The topological polar surface area (TPSA) is 62.5 Å². The van der Waals surface area contributed by atoms with E-state index >= 15 is 0 Å². The highest BCUT2D eigenvalue weighted by molar-refractivity contribution is 6.28. The zero-order valence-corrected chi connectivity index (χ0v) is 12.9. The molecule has 4 nitrogen and oxygen atoms in total. The largest absolute Gasteiger partial charge is 0.461 e. The van der Waals surface area contributed by atoms with E-state index < -0.39 is 11.8 Å². The molecule has 0 spiro atoms. The molecule has 1 radical (unpaired) electrons. The third-order valence-corrected chi connectivity index (χ3v) is 3.81. The van der Waals surface area contributed by atoms with Gasteiger partial charge in [-0.05, 0) is 23.6 Å². The number of benzene rings is 2. The maximum atomic E-state index is 13.7. The molecule has 1 aromatic heterocycles. The molecule has 1 unspecified atom stereocenters. The zero-order valence-electron chi connectivity index (χ0n) is 12.9. The van der Waals surface area contributed by atoms with Crippen molar-refractivity contribution in [2.24, 2.45) is 0 Å². The van der Waals surface area contributed by atoms with E-state index in [1.165, 1.54) is 12.3 Å². The van der Waals surface area contributed by atoms with E-state index in [-0.39, 0.29) is 17.9 Å². The SMILES string of the molecule is O=C(Cc1ccccc1)NC([B]O)Cc1coc2c(F)cccc12. The smallest absolute Gasteiger partial charge is 0.312 e. The molecule has 3 aromatic rings. The molecular formula is C18H16BFNO3. The van der Waals surface area contributed by atoms with Crippen LogP contribution in [0.2, 0.25) is 0 Å². The molecule has 24 heavy (non-hydrogen) atoms. The molecule has 6 heteroatoms. The molecular weight excluding hydrogens is 308 g/mol. The quantitative estimate of drug-likeness (QED) is 0.685. The van der Waals surface area contributed by atoms with Crippen LogP contribution in [0.4, 0.5) is 4.39 Å². The predicted molar refractivity (Wildman–Crippen MR) is 89.9 cm³/mol. The lowest BCUT2D eigenvalue weighted by Gasteiger charge is -2.14. The first-order valence-electron chi connectivity index (χ1n) is 7.63. The van der Waals surface area contributed by atoms with Crippen molar-refractivity contribution in [1.29, 1.82) is 0 Å². The van der Waals surface area contributed by atoms with Crippen LogP contribution in [-0.4, -0.2) is 24.4 Å². The highest BCUT2D eigenvalue weighted by atomic mass is 19.1. The zero-order chi connectivity index (χ0) is 16.9. The Labute approximate surface area is 139 Å². The number of carbonyl (C=O) groups is 1. The minimum absolute atomic E-state index is 0.180. The van der Waals surface area contributed by atoms with Gasteiger partial charge in [0.25, 0.3) is 0 Å². The van der Waals surface area contributed by atoms with Gasteiger partial charge in [0.05, 0.1) is 12.7 Å². The van der Waals surface area contributed by atoms with Crippen LogP contribution in [0.3, 0.4) is 0 Å². The fourth-order valence-electron chi connectivity index (χ4n) is 2.65. The first-order valence-corrected chi connectivity index (χ1v) is 7.63. The molecule has 1 heterocycles. The Morgan fingerprint density at radius 2 is 2.00 bits per heavy atom. The Hall–Kier alpha value is -2.60. The molecule has 121 valence electrons. The summed E-state index contributed by atoms with van der Waals surface area (Å²) in [5, 5.41) is 12.8. The molecule has 0 saturated carbocycles. The Morgan fingerprint density at radius 1 is 1.21 bits per heavy atom. The van der Waals surface area contributed by atoms with E-state index in [4.69, 9.17) is 4.42 Å². The molecule has 0 aliphatic heterocycles. The second-order valence-corrected chi connectivity index (χ2v) is 5.57. The van der Waals surface area contributed by atoms with Gasteiger partial charge in [-0.15, -0.1) is 0 Å². The average Bonchev–Trinajstić information content (AvgIpc) is 2.99. The highest BCUT2D eigenvalue weighted by Gasteiger charge is 2.18. The lowest BCUT2D eigenvalue weighted by molar-refractivity contribution is -0.120. The summed E-state index contributed by atoms with van der Waals surface area (Å²) in [4.78, 5) is 12.1. The van der Waals surface area contributed by atoms with Gasteiger partial charge in [-0.1, -0.05) is 42.5 Å². The van der Waals surface area contributed by atoms with Crippen molar-refractivity contribution in [1.82, 2.24) is 5.32 Å². The third kappa shape index (κ3) is 3.66. The monoisotopic (exact) mass is 324 g/mol. The summed E-state index contributed by atoms with van der Waals surface area (Å²) < 4.78 is 18.9. The van der Waals surface area contributed by atoms with Crippen LogP contribution in [0.1, 0.15) is 11.1 Å². The Kier molecular flexibility index (Phi) is 4.96. The van der Waals surface area contributed by atoms with E-state index in [0.29, 0.717) is 11.8 Å². The number of halogens is 1. The second kappa shape index (κ2) is 7.32. The summed E-state index contributed by atoms with van der Waals surface area (Å²) >= 11 is 0. The summed E-state index contributed by atoms with van der Waals surface area (Å²) in [5.41, 5.74) is 1.79. The molecule has 1 amide bonds. The van der Waals surface area contributed by atoms with Crippen LogP contribution in [0, 0.1) is 5.82 Å². The lowest BCUT2D eigenvalue weighted by atomic mass is 9.83. The normalized spacial score (nSPS) is 12.1. The summed E-state index contributed by atoms with van der Waals surface area (Å²) in [6, 6.07) is 14.0. The number of furan rings is 1. The van der Waals surface area contributed by atoms with Gasteiger partial charge in [0.2, 0.25) is 5.91 Å². The summed E-state index contributed by atoms with van der Waals surface area (Å²) in [6.45, 7) is 0. The van der Waals surface area contributed by atoms with Crippen LogP contribution >= 0.6 is 0 Å². The molecule has 3 rings (SSSR count). The van der Waals surface area contributed by atoms with Crippen LogP contribution in [0.5, 0.6) is 0 Å². The summed E-state index contributed by atoms with van der Waals surface area (Å²) in [6.07, 6.45) is 1.99. The number of carbonyl (C=O) groups excluding carboxylic acids is 1. The summed E-state index contributed by atoms with van der Waals surface area (Å²) in [7, 11) is 0.932. The second-order valence-electron chi connectivity index (χ2n) is 5.57. The van der Waals surface area contributed by atoms with Crippen molar-refractivity contribution in [3.05, 3.63) is 71.7 Å². The Bertz CT molecular complexity index is 835. The first-order chi connectivity index (χ1) is 11.7. The molecule has 0 aliphatic rings. The van der Waals surface area contributed by atoms with Crippen molar-refractivity contribution in [2.75, 3.05) is 0 Å². The Morgan fingerprint density at radius 3 is 2.75 bits per heavy atom. The van der Waals surface area contributed by atoms with Crippen molar-refractivity contribution in [3.8, 4) is 0 Å². The van der Waals surface area contributed by atoms with Crippen LogP contribution in [-0.2, 0) is 17.6 Å². The van der Waals surface area contributed by atoms with Gasteiger partial charge in [0.1, 0.15) is 0 Å². The van der Waals surface area contributed by atoms with Gasteiger partial charge in [0.15, 0.2) is 11.4 Å². The predicted octanol–water partition coefficient (Wildman–Crippen LogP) is 2.41. The summed E-state index contributed by atoms with van der Waals surface area (Å²) in [5.74, 6) is -1.21. The third-order valence-electron chi connectivity index (χ3n) is 3.81. The highest BCUT2D eigenvalue weighted by Crippen LogP contribution is 2.24. The van der Waals surface area contributed by atoms with Crippen molar-refractivity contribution >= 4 is 24.4 Å². The fraction of sp³-hybridized carbons (Fsp3) is 0.167. The molecule has 1 atom stereocenters. The average molecular weight is 324 g/mol. The maximum Gasteiger partial charge on any atom is 0.312 e. The van der Waals surface area contributed by atoms with E-state index in [2.05, 4.69) is 5.32 Å². The van der Waals surface area contributed by atoms with Crippen LogP contribution in [0.15, 0.2) is 59.2 Å². The first kappa shape index (κ1) is 16.3.